The van der Waals surface area contributed by atoms with E-state index >= 15 is 0 Å². The largest absolute Gasteiger partial charge is 0.478 e. The van der Waals surface area contributed by atoms with Crippen LogP contribution in [0.15, 0.2) is 35.3 Å². The molecule has 1 aliphatic heterocycles. The number of ether oxygens (including phenoxy) is 1. The zero-order chi connectivity index (χ0) is 22.0. The molecule has 3 aromatic rings. The molecule has 0 aliphatic carbocycles. The van der Waals surface area contributed by atoms with Gasteiger partial charge in [0.1, 0.15) is 5.02 Å². The normalized spacial score (nSPS) is 13.5. The molecule has 11 heteroatoms. The van der Waals surface area contributed by atoms with Crippen LogP contribution in [-0.4, -0.2) is 45.4 Å². The van der Waals surface area contributed by atoms with Crippen LogP contribution < -0.4 is 25.8 Å². The Balaban J connectivity index is 1.64. The highest BCUT2D eigenvalue weighted by molar-refractivity contribution is 14.1. The van der Waals surface area contributed by atoms with E-state index in [2.05, 4.69) is 25.5 Å². The lowest BCUT2D eigenvalue weighted by Crippen LogP contribution is -2.27. The zero-order valence-corrected chi connectivity index (χ0v) is 19.6. The van der Waals surface area contributed by atoms with Crippen molar-refractivity contribution < 1.29 is 9.53 Å². The number of hydrogen-bond donors (Lipinski definition) is 2. The number of carbonyl (C=O) groups is 1. The van der Waals surface area contributed by atoms with Crippen LogP contribution in [0.3, 0.4) is 0 Å². The van der Waals surface area contributed by atoms with Crippen LogP contribution in [0.2, 0.25) is 5.02 Å². The van der Waals surface area contributed by atoms with E-state index in [4.69, 9.17) is 16.3 Å². The summed E-state index contributed by atoms with van der Waals surface area (Å²) in [5.41, 5.74) is 1.13. The maximum atomic E-state index is 12.5. The van der Waals surface area contributed by atoms with Crippen LogP contribution in [0.4, 0.5) is 17.5 Å². The summed E-state index contributed by atoms with van der Waals surface area (Å²) in [6.07, 6.45) is 3.85. The summed E-state index contributed by atoms with van der Waals surface area (Å²) in [6.45, 7) is 1.63. The number of carbonyl (C=O) groups excluding carboxylic acids is 1. The molecule has 4 rings (SSSR count). The highest BCUT2D eigenvalue weighted by atomic mass is 127. The number of rotatable bonds is 6. The van der Waals surface area contributed by atoms with Gasteiger partial charge in [0.15, 0.2) is 18.2 Å². The quantitative estimate of drug-likeness (QED) is 0.452. The second-order valence-corrected chi connectivity index (χ2v) is 8.39. The first-order valence-corrected chi connectivity index (χ1v) is 11.0. The number of pyridine rings is 1. The first-order valence-electron chi connectivity index (χ1n) is 9.70. The van der Waals surface area contributed by atoms with E-state index < -0.39 is 0 Å². The topological polar surface area (TPSA) is 101 Å². The number of nitrogens with one attached hydrogen (secondary N) is 2. The van der Waals surface area contributed by atoms with E-state index in [1.165, 1.54) is 9.83 Å². The fourth-order valence-electron chi connectivity index (χ4n) is 3.31. The molecule has 0 unspecified atom stereocenters. The number of aromatic nitrogens is 3. The first-order chi connectivity index (χ1) is 15.0. The Kier molecular flexibility index (Phi) is 6.46. The number of hydrogen-bond acceptors (Lipinski definition) is 7. The van der Waals surface area contributed by atoms with Crippen molar-refractivity contribution in [2.75, 3.05) is 37.0 Å². The number of likely N-dealkylation sites (N-methyl/N-ethyl adjacent to an activating group) is 1. The minimum absolute atomic E-state index is 0.0963. The number of anilines is 3. The maximum absolute atomic E-state index is 12.5. The molecule has 0 atom stereocenters. The second kappa shape index (κ2) is 9.27. The van der Waals surface area contributed by atoms with E-state index in [-0.39, 0.29) is 23.8 Å². The van der Waals surface area contributed by atoms with E-state index in [0.717, 1.165) is 42.5 Å². The molecule has 162 valence electrons. The van der Waals surface area contributed by atoms with Crippen LogP contribution in [0, 0.1) is 0 Å². The van der Waals surface area contributed by atoms with Gasteiger partial charge in [-0.3, -0.25) is 9.59 Å². The summed E-state index contributed by atoms with van der Waals surface area (Å²) in [5, 5.41) is 6.87. The lowest BCUT2D eigenvalue weighted by Gasteiger charge is -2.17. The maximum Gasteiger partial charge on any atom is 0.302 e. The minimum atomic E-state index is -0.327. The van der Waals surface area contributed by atoms with Crippen LogP contribution in [0.25, 0.3) is 10.9 Å². The number of nitrogens with zero attached hydrogens (tertiary/aromatic N) is 4. The van der Waals surface area contributed by atoms with Crippen molar-refractivity contribution in [3.63, 3.8) is 0 Å². The Hall–Kier alpha value is -2.60. The van der Waals surface area contributed by atoms with Crippen molar-refractivity contribution in [2.24, 2.45) is 0 Å². The van der Waals surface area contributed by atoms with E-state index in [1.54, 1.807) is 12.3 Å². The summed E-state index contributed by atoms with van der Waals surface area (Å²) in [5.74, 6) is 0.939. The van der Waals surface area contributed by atoms with Crippen LogP contribution in [0.5, 0.6) is 5.75 Å². The number of halogens is 2. The van der Waals surface area contributed by atoms with Gasteiger partial charge in [0.2, 0.25) is 5.95 Å². The highest BCUT2D eigenvalue weighted by Crippen LogP contribution is 2.28. The van der Waals surface area contributed by atoms with Crippen molar-refractivity contribution in [1.82, 2.24) is 18.1 Å². The Labute approximate surface area is 197 Å². The van der Waals surface area contributed by atoms with Gasteiger partial charge in [0.05, 0.1) is 34.6 Å². The molecule has 1 fully saturated rings. The molecular weight excluding hydrogens is 535 g/mol. The first kappa shape index (κ1) is 21.6. The molecule has 2 N–H and O–H groups in total. The van der Waals surface area contributed by atoms with Gasteiger partial charge >= 0.3 is 5.56 Å². The van der Waals surface area contributed by atoms with E-state index in [1.807, 2.05) is 41.1 Å². The lowest BCUT2D eigenvalue weighted by molar-refractivity contribution is -0.122. The van der Waals surface area contributed by atoms with E-state index in [9.17, 15) is 9.59 Å². The third-order valence-corrected chi connectivity index (χ3v) is 6.17. The molecule has 1 aromatic carbocycles. The zero-order valence-electron chi connectivity index (χ0n) is 16.7. The van der Waals surface area contributed by atoms with Gasteiger partial charge in [0, 0.05) is 31.2 Å². The fraction of sp³-hybridized carbons (Fsp3) is 0.300. The Bertz CT molecular complexity index is 1200. The summed E-state index contributed by atoms with van der Waals surface area (Å²) in [7, 11) is 1.51. The smallest absolute Gasteiger partial charge is 0.302 e. The molecule has 1 amide bonds. The number of fused-ring (bicyclic) bond motifs is 1. The molecule has 0 spiro atoms. The van der Waals surface area contributed by atoms with Gasteiger partial charge in [-0.1, -0.05) is 11.6 Å². The summed E-state index contributed by atoms with van der Waals surface area (Å²) >= 11 is 8.23. The van der Waals surface area contributed by atoms with E-state index in [0.29, 0.717) is 16.8 Å². The molecule has 1 saturated heterocycles. The monoisotopic (exact) mass is 554 g/mol. The van der Waals surface area contributed by atoms with Crippen LogP contribution >= 0.6 is 34.5 Å². The molecular formula is C20H20ClIN6O3. The predicted octanol–water partition coefficient (Wildman–Crippen LogP) is 3.11. The van der Waals surface area contributed by atoms with Crippen molar-refractivity contribution in [1.29, 1.82) is 0 Å². The highest BCUT2D eigenvalue weighted by Gasteiger charge is 2.17. The molecule has 9 nitrogen and oxygen atoms in total. The van der Waals surface area contributed by atoms with Gasteiger partial charge in [-0.25, -0.2) is 7.76 Å². The van der Waals surface area contributed by atoms with Gasteiger partial charge < -0.3 is 20.3 Å². The van der Waals surface area contributed by atoms with Crippen molar-refractivity contribution >= 4 is 68.7 Å². The number of benzene rings is 1. The fourth-order valence-corrected chi connectivity index (χ4v) is 4.12. The summed E-state index contributed by atoms with van der Waals surface area (Å²) < 4.78 is 6.87. The molecule has 3 heterocycles. The Morgan fingerprint density at radius 3 is 2.81 bits per heavy atom. The Morgan fingerprint density at radius 1 is 1.29 bits per heavy atom. The van der Waals surface area contributed by atoms with Crippen molar-refractivity contribution in [3.8, 4) is 5.75 Å². The average Bonchev–Trinajstić information content (AvgIpc) is 3.31. The molecule has 31 heavy (non-hydrogen) atoms. The standard InChI is InChI=1S/C20H20ClIN6O3/c1-23-17(29)11-31-16-9-12-8-13(4-5-15(12)28(22)19(16)30)25-18-14(21)10-24-20(26-18)27-6-2-3-7-27/h4-5,8-10H,2-3,6-7,11H2,1H3,(H,23,29)(H,24,25,26). The summed E-state index contributed by atoms with van der Waals surface area (Å²) in [4.78, 5) is 35.0. The summed E-state index contributed by atoms with van der Waals surface area (Å²) in [6, 6.07) is 7.16. The van der Waals surface area contributed by atoms with Gasteiger partial charge in [-0.15, -0.1) is 0 Å². The molecule has 0 radical (unpaired) electrons. The molecule has 2 aromatic heterocycles. The second-order valence-electron chi connectivity index (χ2n) is 7.02. The van der Waals surface area contributed by atoms with Crippen LogP contribution in [0.1, 0.15) is 12.8 Å². The molecule has 0 saturated carbocycles. The van der Waals surface area contributed by atoms with Gasteiger partial charge in [-0.05, 0) is 37.1 Å². The third kappa shape index (κ3) is 4.69. The average molecular weight is 555 g/mol. The van der Waals surface area contributed by atoms with Crippen molar-refractivity contribution in [3.05, 3.63) is 45.8 Å². The van der Waals surface area contributed by atoms with Gasteiger partial charge in [0.25, 0.3) is 5.91 Å². The third-order valence-electron chi connectivity index (χ3n) is 4.94. The van der Waals surface area contributed by atoms with Crippen molar-refractivity contribution in [2.45, 2.75) is 12.8 Å². The SMILES string of the molecule is CNC(=O)COc1cc2cc(Nc3nc(N4CCCC4)ncc3Cl)ccc2n(I)c1=O. The number of amides is 1. The predicted molar refractivity (Wildman–Crippen MR) is 129 cm³/mol. The molecule has 0 bridgehead atoms. The van der Waals surface area contributed by atoms with Gasteiger partial charge in [-0.2, -0.15) is 4.98 Å². The molecule has 1 aliphatic rings. The minimum Gasteiger partial charge on any atom is -0.478 e. The lowest BCUT2D eigenvalue weighted by atomic mass is 10.2. The van der Waals surface area contributed by atoms with Crippen LogP contribution in [-0.2, 0) is 4.79 Å². The Morgan fingerprint density at radius 2 is 2.06 bits per heavy atom.